The highest BCUT2D eigenvalue weighted by molar-refractivity contribution is 5.75. The second-order valence-electron chi connectivity index (χ2n) is 4.14. The van der Waals surface area contributed by atoms with Gasteiger partial charge in [0.25, 0.3) is 0 Å². The Balaban J connectivity index is 1.86. The highest BCUT2D eigenvalue weighted by Crippen LogP contribution is 2.22. The number of hydrogen-bond donors (Lipinski definition) is 0. The van der Waals surface area contributed by atoms with Gasteiger partial charge in [-0.1, -0.05) is 0 Å². The molecule has 0 aromatic carbocycles. The lowest BCUT2D eigenvalue weighted by molar-refractivity contribution is -0.0798. The topological polar surface area (TPSA) is 74.2 Å². The summed E-state index contributed by atoms with van der Waals surface area (Å²) in [4.78, 5) is 14.6. The zero-order valence-electron chi connectivity index (χ0n) is 10.0. The van der Waals surface area contributed by atoms with Gasteiger partial charge < -0.3 is 9.47 Å². The second kappa shape index (κ2) is 5.11. The average Bonchev–Trinajstić information content (AvgIpc) is 2.43. The molecule has 2 aromatic rings. The van der Waals surface area contributed by atoms with Gasteiger partial charge in [-0.15, -0.1) is 0 Å². The summed E-state index contributed by atoms with van der Waals surface area (Å²) >= 11 is 0. The van der Waals surface area contributed by atoms with E-state index in [-0.39, 0.29) is 6.10 Å². The molecule has 0 N–H and O–H groups in total. The van der Waals surface area contributed by atoms with Crippen LogP contribution in [0.1, 0.15) is 10.5 Å². The number of ether oxygens (including phenoxy) is 2. The lowest BCUT2D eigenvalue weighted by Gasteiger charge is -2.26. The van der Waals surface area contributed by atoms with Crippen LogP contribution in [0.15, 0.2) is 30.6 Å². The Kier molecular flexibility index (Phi) is 3.16. The van der Waals surface area contributed by atoms with Crippen molar-refractivity contribution in [3.8, 4) is 17.0 Å². The first-order chi connectivity index (χ1) is 9.35. The summed E-state index contributed by atoms with van der Waals surface area (Å²) in [6.45, 7) is 1.20. The van der Waals surface area contributed by atoms with Crippen molar-refractivity contribution in [1.82, 2.24) is 15.2 Å². The number of carbonyl (C=O) groups is 1. The number of pyridine rings is 1. The van der Waals surface area contributed by atoms with Crippen molar-refractivity contribution in [3.63, 3.8) is 0 Å². The van der Waals surface area contributed by atoms with Crippen LogP contribution in [0.4, 0.5) is 0 Å². The van der Waals surface area contributed by atoms with Gasteiger partial charge in [0, 0.05) is 17.8 Å². The summed E-state index contributed by atoms with van der Waals surface area (Å²) in [5.41, 5.74) is 1.78. The van der Waals surface area contributed by atoms with Crippen LogP contribution in [0, 0.1) is 0 Å². The fourth-order valence-electron chi connectivity index (χ4n) is 1.70. The third kappa shape index (κ3) is 2.58. The van der Waals surface area contributed by atoms with E-state index in [1.807, 2.05) is 0 Å². The van der Waals surface area contributed by atoms with Gasteiger partial charge in [-0.25, -0.2) is 0 Å². The number of hydrogen-bond acceptors (Lipinski definition) is 6. The molecule has 6 nitrogen and oxygen atoms in total. The number of carbonyl (C=O) groups excluding carboxylic acids is 1. The summed E-state index contributed by atoms with van der Waals surface area (Å²) in [6.07, 6.45) is 3.90. The number of aldehydes is 1. The van der Waals surface area contributed by atoms with Gasteiger partial charge in [-0.05, 0) is 12.1 Å². The molecule has 1 fully saturated rings. The van der Waals surface area contributed by atoms with E-state index in [1.54, 1.807) is 30.6 Å². The van der Waals surface area contributed by atoms with Gasteiger partial charge >= 0.3 is 0 Å². The monoisotopic (exact) mass is 257 g/mol. The van der Waals surface area contributed by atoms with Gasteiger partial charge in [-0.3, -0.25) is 9.78 Å². The minimum absolute atomic E-state index is 0.0834. The van der Waals surface area contributed by atoms with Crippen LogP contribution in [0.3, 0.4) is 0 Å². The smallest absolute Gasteiger partial charge is 0.168 e. The standard InChI is InChI=1S/C13H11N3O3/c17-6-10-3-9(1-2-14-10)13-4-11(5-15-16-13)19-12-7-18-8-12/h1-6,12H,7-8H2. The minimum Gasteiger partial charge on any atom is -0.484 e. The van der Waals surface area contributed by atoms with Crippen LogP contribution in [0.5, 0.6) is 5.75 Å². The Labute approximate surface area is 109 Å². The predicted octanol–water partition coefficient (Wildman–Crippen LogP) is 1.13. The van der Waals surface area contributed by atoms with E-state index in [4.69, 9.17) is 9.47 Å². The van der Waals surface area contributed by atoms with Crippen LogP contribution >= 0.6 is 0 Å². The van der Waals surface area contributed by atoms with Crippen molar-refractivity contribution in [1.29, 1.82) is 0 Å². The quantitative estimate of drug-likeness (QED) is 0.764. The molecule has 0 aliphatic carbocycles. The first-order valence-corrected chi connectivity index (χ1v) is 5.84. The molecule has 96 valence electrons. The second-order valence-corrected chi connectivity index (χ2v) is 4.14. The van der Waals surface area contributed by atoms with Gasteiger partial charge in [0.05, 0.1) is 25.1 Å². The van der Waals surface area contributed by atoms with Crippen LogP contribution in [0.2, 0.25) is 0 Å². The highest BCUT2D eigenvalue weighted by Gasteiger charge is 2.20. The Morgan fingerprint density at radius 2 is 2.26 bits per heavy atom. The number of nitrogens with zero attached hydrogens (tertiary/aromatic N) is 3. The lowest BCUT2D eigenvalue weighted by atomic mass is 10.1. The van der Waals surface area contributed by atoms with E-state index in [1.165, 1.54) is 0 Å². The number of aromatic nitrogens is 3. The van der Waals surface area contributed by atoms with E-state index >= 15 is 0 Å². The largest absolute Gasteiger partial charge is 0.484 e. The van der Waals surface area contributed by atoms with Gasteiger partial charge in [0.1, 0.15) is 17.5 Å². The van der Waals surface area contributed by atoms with Crippen molar-refractivity contribution in [2.75, 3.05) is 13.2 Å². The molecule has 1 aliphatic rings. The molecule has 2 aromatic heterocycles. The average molecular weight is 257 g/mol. The van der Waals surface area contributed by atoms with E-state index < -0.39 is 0 Å². The van der Waals surface area contributed by atoms with Crippen molar-refractivity contribution >= 4 is 6.29 Å². The molecule has 19 heavy (non-hydrogen) atoms. The molecule has 1 aliphatic heterocycles. The zero-order chi connectivity index (χ0) is 13.1. The van der Waals surface area contributed by atoms with Crippen LogP contribution in [-0.4, -0.2) is 40.8 Å². The summed E-state index contributed by atoms with van der Waals surface area (Å²) in [5, 5.41) is 7.93. The van der Waals surface area contributed by atoms with Crippen LogP contribution < -0.4 is 4.74 Å². The van der Waals surface area contributed by atoms with Gasteiger partial charge in [0.15, 0.2) is 6.29 Å². The van der Waals surface area contributed by atoms with E-state index in [0.29, 0.717) is 36.6 Å². The normalized spacial score (nSPS) is 14.7. The van der Waals surface area contributed by atoms with Crippen molar-refractivity contribution in [2.45, 2.75) is 6.10 Å². The maximum Gasteiger partial charge on any atom is 0.168 e. The number of rotatable bonds is 4. The molecule has 3 rings (SSSR count). The predicted molar refractivity (Wildman–Crippen MR) is 65.9 cm³/mol. The van der Waals surface area contributed by atoms with Crippen LogP contribution in [0.25, 0.3) is 11.3 Å². The molecule has 0 unspecified atom stereocenters. The van der Waals surface area contributed by atoms with E-state index in [0.717, 1.165) is 5.56 Å². The first kappa shape index (κ1) is 11.7. The fraction of sp³-hybridized carbons (Fsp3) is 0.231. The summed E-state index contributed by atoms with van der Waals surface area (Å²) < 4.78 is 10.7. The summed E-state index contributed by atoms with van der Waals surface area (Å²) in [7, 11) is 0. The molecule has 0 bridgehead atoms. The Bertz CT molecular complexity index is 599. The molecule has 0 amide bonds. The maximum atomic E-state index is 10.7. The van der Waals surface area contributed by atoms with E-state index in [2.05, 4.69) is 15.2 Å². The SMILES string of the molecule is O=Cc1cc(-c2cc(OC3COC3)cnn2)ccn1. The van der Waals surface area contributed by atoms with Crippen LogP contribution in [-0.2, 0) is 4.74 Å². The fourth-order valence-corrected chi connectivity index (χ4v) is 1.70. The molecular weight excluding hydrogens is 246 g/mol. The first-order valence-electron chi connectivity index (χ1n) is 5.84. The Morgan fingerprint density at radius 3 is 3.00 bits per heavy atom. The molecule has 0 spiro atoms. The van der Waals surface area contributed by atoms with Gasteiger partial charge in [-0.2, -0.15) is 10.2 Å². The van der Waals surface area contributed by atoms with Crippen molar-refractivity contribution in [3.05, 3.63) is 36.3 Å². The maximum absolute atomic E-state index is 10.7. The summed E-state index contributed by atoms with van der Waals surface area (Å²) in [5.74, 6) is 0.641. The molecular formula is C13H11N3O3. The molecule has 0 radical (unpaired) electrons. The summed E-state index contributed by atoms with van der Waals surface area (Å²) in [6, 6.07) is 5.22. The Hall–Kier alpha value is -2.34. The lowest BCUT2D eigenvalue weighted by Crippen LogP contribution is -2.38. The zero-order valence-corrected chi connectivity index (χ0v) is 10.0. The third-order valence-corrected chi connectivity index (χ3v) is 2.74. The van der Waals surface area contributed by atoms with Crippen molar-refractivity contribution < 1.29 is 14.3 Å². The highest BCUT2D eigenvalue weighted by atomic mass is 16.6. The third-order valence-electron chi connectivity index (χ3n) is 2.74. The molecule has 0 saturated carbocycles. The Morgan fingerprint density at radius 1 is 1.37 bits per heavy atom. The van der Waals surface area contributed by atoms with Gasteiger partial charge in [0.2, 0.25) is 0 Å². The molecule has 0 atom stereocenters. The van der Waals surface area contributed by atoms with E-state index in [9.17, 15) is 4.79 Å². The molecule has 3 heterocycles. The minimum atomic E-state index is 0.0834. The molecule has 6 heteroatoms. The van der Waals surface area contributed by atoms with Crippen molar-refractivity contribution in [2.24, 2.45) is 0 Å². The molecule has 1 saturated heterocycles.